The smallest absolute Gasteiger partial charge is 0.141 e. The highest BCUT2D eigenvalue weighted by molar-refractivity contribution is 7.17. The second-order valence-electron chi connectivity index (χ2n) is 5.74. The van der Waals surface area contributed by atoms with Crippen LogP contribution in [0, 0.1) is 0 Å². The van der Waals surface area contributed by atoms with Gasteiger partial charge < -0.3 is 4.90 Å². The Balaban J connectivity index is 1.76. The summed E-state index contributed by atoms with van der Waals surface area (Å²) in [6, 6.07) is 14.1. The fraction of sp³-hybridized carbons (Fsp3) is 0.105. The van der Waals surface area contributed by atoms with Gasteiger partial charge in [0.05, 0.1) is 5.39 Å². The van der Waals surface area contributed by atoms with E-state index in [9.17, 15) is 0 Å². The molecule has 4 rings (SSSR count). The molecule has 0 unspecified atom stereocenters. The zero-order valence-electron chi connectivity index (χ0n) is 13.6. The van der Waals surface area contributed by atoms with E-state index in [-0.39, 0.29) is 0 Å². The second kappa shape index (κ2) is 6.78. The van der Waals surface area contributed by atoms with Crippen molar-refractivity contribution in [1.29, 1.82) is 0 Å². The average molecular weight is 367 g/mol. The predicted octanol–water partition coefficient (Wildman–Crippen LogP) is 5.04. The number of nitrogens with zero attached hydrogens (tertiary/aromatic N) is 4. The molecule has 0 N–H and O–H groups in total. The van der Waals surface area contributed by atoms with Gasteiger partial charge in [0.2, 0.25) is 0 Å². The minimum atomic E-state index is 0.500. The number of hydrogen-bond donors (Lipinski definition) is 0. The van der Waals surface area contributed by atoms with Crippen molar-refractivity contribution in [2.45, 2.75) is 6.54 Å². The summed E-state index contributed by atoms with van der Waals surface area (Å²) in [5.74, 6) is 0.917. The van der Waals surface area contributed by atoms with E-state index >= 15 is 0 Å². The van der Waals surface area contributed by atoms with Crippen molar-refractivity contribution in [3.63, 3.8) is 0 Å². The molecule has 0 fully saturated rings. The van der Waals surface area contributed by atoms with Gasteiger partial charge in [-0.1, -0.05) is 48.0 Å². The molecule has 25 heavy (non-hydrogen) atoms. The third-order valence-corrected chi connectivity index (χ3v) is 5.11. The molecule has 6 heteroatoms. The maximum absolute atomic E-state index is 5.87. The minimum absolute atomic E-state index is 0.500. The number of hydrogen-bond acceptors (Lipinski definition) is 5. The number of benzene rings is 1. The lowest BCUT2D eigenvalue weighted by molar-refractivity contribution is 0.895. The summed E-state index contributed by atoms with van der Waals surface area (Å²) in [4.78, 5) is 16.3. The van der Waals surface area contributed by atoms with Crippen molar-refractivity contribution in [2.24, 2.45) is 0 Å². The molecule has 1 aromatic carbocycles. The molecule has 0 aliphatic carbocycles. The van der Waals surface area contributed by atoms with E-state index in [0.717, 1.165) is 27.2 Å². The lowest BCUT2D eigenvalue weighted by atomic mass is 10.1. The van der Waals surface area contributed by atoms with Crippen molar-refractivity contribution in [3.8, 4) is 11.1 Å². The average Bonchev–Trinajstić information content (AvgIpc) is 3.08. The molecule has 0 saturated carbocycles. The summed E-state index contributed by atoms with van der Waals surface area (Å²) in [6.07, 6.45) is 3.42. The van der Waals surface area contributed by atoms with E-state index in [1.807, 2.05) is 31.3 Å². The molecule has 0 radical (unpaired) electrons. The highest BCUT2D eigenvalue weighted by Crippen LogP contribution is 2.37. The number of fused-ring (bicyclic) bond motifs is 1. The molecule has 4 aromatic rings. The van der Waals surface area contributed by atoms with Crippen LogP contribution in [0.25, 0.3) is 21.3 Å². The molecule has 0 atom stereocenters. The predicted molar refractivity (Wildman–Crippen MR) is 104 cm³/mol. The van der Waals surface area contributed by atoms with Crippen LogP contribution in [0.4, 0.5) is 5.82 Å². The number of rotatable bonds is 4. The third kappa shape index (κ3) is 3.21. The highest BCUT2D eigenvalue weighted by atomic mass is 35.5. The Kier molecular flexibility index (Phi) is 4.34. The van der Waals surface area contributed by atoms with Gasteiger partial charge in [-0.05, 0) is 17.2 Å². The normalized spacial score (nSPS) is 11.0. The van der Waals surface area contributed by atoms with Gasteiger partial charge in [0, 0.05) is 30.7 Å². The van der Waals surface area contributed by atoms with Gasteiger partial charge in [-0.25, -0.2) is 15.0 Å². The fourth-order valence-electron chi connectivity index (χ4n) is 2.83. The zero-order chi connectivity index (χ0) is 17.2. The van der Waals surface area contributed by atoms with Crippen LogP contribution < -0.4 is 4.90 Å². The molecule has 124 valence electrons. The van der Waals surface area contributed by atoms with Crippen LogP contribution in [0.5, 0.6) is 0 Å². The minimum Gasteiger partial charge on any atom is -0.355 e. The Morgan fingerprint density at radius 2 is 1.88 bits per heavy atom. The first-order chi connectivity index (χ1) is 12.2. The van der Waals surface area contributed by atoms with Crippen molar-refractivity contribution in [3.05, 3.63) is 71.1 Å². The molecule has 0 saturated heterocycles. The van der Waals surface area contributed by atoms with E-state index in [1.54, 1.807) is 29.9 Å². The van der Waals surface area contributed by atoms with Gasteiger partial charge in [0.15, 0.2) is 0 Å². The molecule has 0 aliphatic heterocycles. The Bertz CT molecular complexity index is 999. The van der Waals surface area contributed by atoms with Crippen molar-refractivity contribution in [1.82, 2.24) is 15.0 Å². The van der Waals surface area contributed by atoms with Crippen LogP contribution in [0.15, 0.2) is 60.4 Å². The topological polar surface area (TPSA) is 41.9 Å². The van der Waals surface area contributed by atoms with E-state index in [2.05, 4.69) is 37.4 Å². The lowest BCUT2D eigenvalue weighted by Gasteiger charge is -2.19. The first-order valence-corrected chi connectivity index (χ1v) is 9.07. The molecule has 0 aliphatic rings. The largest absolute Gasteiger partial charge is 0.355 e. The molecule has 0 amide bonds. The third-order valence-electron chi connectivity index (χ3n) is 4.00. The number of thiophene rings is 1. The van der Waals surface area contributed by atoms with E-state index in [0.29, 0.717) is 11.7 Å². The monoisotopic (exact) mass is 366 g/mol. The van der Waals surface area contributed by atoms with Gasteiger partial charge in [-0.15, -0.1) is 11.3 Å². The maximum Gasteiger partial charge on any atom is 0.141 e. The van der Waals surface area contributed by atoms with Gasteiger partial charge in [0.25, 0.3) is 0 Å². The van der Waals surface area contributed by atoms with Crippen molar-refractivity contribution in [2.75, 3.05) is 11.9 Å². The van der Waals surface area contributed by atoms with Gasteiger partial charge in [0.1, 0.15) is 22.1 Å². The molecule has 0 bridgehead atoms. The number of pyridine rings is 1. The van der Waals surface area contributed by atoms with Crippen LogP contribution in [0.3, 0.4) is 0 Å². The summed E-state index contributed by atoms with van der Waals surface area (Å²) in [6.45, 7) is 0.695. The zero-order valence-corrected chi connectivity index (χ0v) is 15.1. The van der Waals surface area contributed by atoms with E-state index < -0.39 is 0 Å². The first-order valence-electron chi connectivity index (χ1n) is 7.81. The summed E-state index contributed by atoms with van der Waals surface area (Å²) in [5.41, 5.74) is 3.42. The summed E-state index contributed by atoms with van der Waals surface area (Å²) < 4.78 is 0. The van der Waals surface area contributed by atoms with Crippen LogP contribution in [-0.2, 0) is 6.54 Å². The van der Waals surface area contributed by atoms with Crippen LogP contribution in [-0.4, -0.2) is 22.0 Å². The fourth-order valence-corrected chi connectivity index (χ4v) is 3.85. The Morgan fingerprint density at radius 3 is 2.64 bits per heavy atom. The van der Waals surface area contributed by atoms with Crippen LogP contribution >= 0.6 is 22.9 Å². The summed E-state index contributed by atoms with van der Waals surface area (Å²) >= 11 is 7.51. The Morgan fingerprint density at radius 1 is 1.04 bits per heavy atom. The van der Waals surface area contributed by atoms with Gasteiger partial charge in [-0.3, -0.25) is 0 Å². The highest BCUT2D eigenvalue weighted by Gasteiger charge is 2.16. The number of aromatic nitrogens is 3. The summed E-state index contributed by atoms with van der Waals surface area (Å²) in [5, 5.41) is 3.73. The van der Waals surface area contributed by atoms with Crippen molar-refractivity contribution < 1.29 is 0 Å². The molecule has 4 nitrogen and oxygen atoms in total. The molecule has 3 heterocycles. The molecular formula is C19H15ClN4S. The van der Waals surface area contributed by atoms with Crippen LogP contribution in [0.2, 0.25) is 5.15 Å². The molecule has 0 spiro atoms. The van der Waals surface area contributed by atoms with E-state index in [1.165, 1.54) is 5.56 Å². The van der Waals surface area contributed by atoms with Crippen LogP contribution in [0.1, 0.15) is 5.56 Å². The Hall–Kier alpha value is -2.50. The van der Waals surface area contributed by atoms with Gasteiger partial charge in [-0.2, -0.15) is 0 Å². The SMILES string of the molecule is CN(Cc1ccc(Cl)nc1)c1ncnc2scc(-c3ccccc3)c12. The standard InChI is InChI=1S/C19H15ClN4S/c1-24(10-13-7-8-16(20)21-9-13)18-17-15(14-5-3-2-4-6-14)11-25-19(17)23-12-22-18/h2-9,11-12H,10H2,1H3. The summed E-state index contributed by atoms with van der Waals surface area (Å²) in [7, 11) is 2.03. The molecule has 3 aromatic heterocycles. The maximum atomic E-state index is 5.87. The van der Waals surface area contributed by atoms with E-state index in [4.69, 9.17) is 11.6 Å². The number of halogens is 1. The van der Waals surface area contributed by atoms with Crippen molar-refractivity contribution >= 4 is 39.0 Å². The quantitative estimate of drug-likeness (QED) is 0.474. The second-order valence-corrected chi connectivity index (χ2v) is 6.98. The Labute approximate surface area is 154 Å². The molecular weight excluding hydrogens is 352 g/mol. The van der Waals surface area contributed by atoms with Gasteiger partial charge >= 0.3 is 0 Å². The lowest BCUT2D eigenvalue weighted by Crippen LogP contribution is -2.18. The number of anilines is 1. The first kappa shape index (κ1) is 16.0.